The molecule has 2 N–H and O–H groups in total. The molecule has 0 radical (unpaired) electrons. The molecule has 0 atom stereocenters. The molecule has 3 rings (SSSR count). The van der Waals surface area contributed by atoms with Gasteiger partial charge in [0.2, 0.25) is 5.91 Å². The Hall–Kier alpha value is -2.26. The number of amides is 1. The van der Waals surface area contributed by atoms with Crippen molar-refractivity contribution in [3.63, 3.8) is 0 Å². The molecule has 0 unspecified atom stereocenters. The fraction of sp³-hybridized carbons (Fsp3) is 0.167. The Morgan fingerprint density at radius 3 is 2.77 bits per heavy atom. The highest BCUT2D eigenvalue weighted by molar-refractivity contribution is 6.34. The van der Waals surface area contributed by atoms with E-state index in [9.17, 15) is 4.79 Å². The van der Waals surface area contributed by atoms with Gasteiger partial charge in [0.25, 0.3) is 0 Å². The maximum absolute atomic E-state index is 12.3. The number of nitrogens with one attached hydrogen (secondary N) is 2. The van der Waals surface area contributed by atoms with Crippen molar-refractivity contribution in [1.29, 1.82) is 0 Å². The first-order valence-electron chi connectivity index (χ1n) is 7.15. The first-order chi connectivity index (χ1) is 10.5. The number of H-pyrrole nitrogens is 1. The van der Waals surface area contributed by atoms with Crippen molar-refractivity contribution in [3.05, 3.63) is 64.3 Å². The molecule has 0 aliphatic heterocycles. The van der Waals surface area contributed by atoms with E-state index in [0.717, 1.165) is 27.6 Å². The van der Waals surface area contributed by atoms with Crippen LogP contribution in [0.1, 0.15) is 16.7 Å². The van der Waals surface area contributed by atoms with Crippen molar-refractivity contribution in [2.45, 2.75) is 20.3 Å². The summed E-state index contributed by atoms with van der Waals surface area (Å²) in [7, 11) is 0. The van der Waals surface area contributed by atoms with E-state index in [0.29, 0.717) is 17.1 Å². The molecule has 22 heavy (non-hydrogen) atoms. The molecule has 0 aliphatic rings. The largest absolute Gasteiger partial charge is 0.361 e. The van der Waals surface area contributed by atoms with E-state index in [4.69, 9.17) is 11.6 Å². The van der Waals surface area contributed by atoms with Gasteiger partial charge in [-0.3, -0.25) is 4.79 Å². The topological polar surface area (TPSA) is 44.9 Å². The van der Waals surface area contributed by atoms with E-state index in [1.807, 2.05) is 56.4 Å². The highest BCUT2D eigenvalue weighted by atomic mass is 35.5. The lowest BCUT2D eigenvalue weighted by Gasteiger charge is -2.11. The van der Waals surface area contributed by atoms with Crippen molar-refractivity contribution in [3.8, 4) is 0 Å². The van der Waals surface area contributed by atoms with Gasteiger partial charge in [-0.25, -0.2) is 0 Å². The van der Waals surface area contributed by atoms with Gasteiger partial charge >= 0.3 is 0 Å². The van der Waals surface area contributed by atoms with Crippen molar-refractivity contribution in [2.75, 3.05) is 5.32 Å². The van der Waals surface area contributed by atoms with Gasteiger partial charge in [-0.05, 0) is 60.2 Å². The summed E-state index contributed by atoms with van der Waals surface area (Å²) in [5, 5.41) is 4.60. The van der Waals surface area contributed by atoms with E-state index in [-0.39, 0.29) is 5.91 Å². The minimum absolute atomic E-state index is 0.0660. The molecule has 2 aromatic carbocycles. The lowest BCUT2D eigenvalue weighted by Crippen LogP contribution is -2.15. The average Bonchev–Trinajstić information content (AvgIpc) is 2.90. The lowest BCUT2D eigenvalue weighted by molar-refractivity contribution is -0.115. The molecule has 0 saturated heterocycles. The third-order valence-corrected chi connectivity index (χ3v) is 3.98. The number of hydrogen-bond donors (Lipinski definition) is 2. The predicted molar refractivity (Wildman–Crippen MR) is 91.6 cm³/mol. The van der Waals surface area contributed by atoms with E-state index in [1.165, 1.54) is 0 Å². The summed E-state index contributed by atoms with van der Waals surface area (Å²) in [4.78, 5) is 15.4. The van der Waals surface area contributed by atoms with Crippen molar-refractivity contribution >= 4 is 34.1 Å². The summed E-state index contributed by atoms with van der Waals surface area (Å²) in [6, 6.07) is 11.8. The number of benzene rings is 2. The molecule has 0 saturated carbocycles. The van der Waals surface area contributed by atoms with Crippen molar-refractivity contribution < 1.29 is 4.79 Å². The summed E-state index contributed by atoms with van der Waals surface area (Å²) in [5.41, 5.74) is 4.80. The number of rotatable bonds is 3. The predicted octanol–water partition coefficient (Wildman–Crippen LogP) is 4.62. The Labute approximate surface area is 134 Å². The van der Waals surface area contributed by atoms with E-state index >= 15 is 0 Å². The fourth-order valence-electron chi connectivity index (χ4n) is 2.66. The number of aromatic nitrogens is 1. The maximum atomic E-state index is 12.3. The van der Waals surface area contributed by atoms with Crippen molar-refractivity contribution in [1.82, 2.24) is 4.98 Å². The first kappa shape index (κ1) is 14.7. The number of carbonyl (C=O) groups is 1. The number of carbonyl (C=O) groups excluding carboxylic acids is 1. The highest BCUT2D eigenvalue weighted by Crippen LogP contribution is 2.27. The van der Waals surface area contributed by atoms with Crippen LogP contribution >= 0.6 is 11.6 Å². The zero-order valence-corrected chi connectivity index (χ0v) is 13.3. The number of fused-ring (bicyclic) bond motifs is 1. The molecule has 1 heterocycles. The standard InChI is InChI=1S/C18H17ClN2O/c1-11-7-12(2)18(15(19)8-11)21-17(22)10-13-3-4-16-14(9-13)5-6-20-16/h3-9,20H,10H2,1-2H3,(H,21,22). The third kappa shape index (κ3) is 3.00. The zero-order valence-electron chi connectivity index (χ0n) is 12.5. The second-order valence-electron chi connectivity index (χ2n) is 5.56. The molecule has 0 aliphatic carbocycles. The number of anilines is 1. The third-order valence-electron chi connectivity index (χ3n) is 3.68. The van der Waals surface area contributed by atoms with Crippen LogP contribution < -0.4 is 5.32 Å². The van der Waals surface area contributed by atoms with Crippen LogP contribution in [0.25, 0.3) is 10.9 Å². The Morgan fingerprint density at radius 1 is 1.18 bits per heavy atom. The first-order valence-corrected chi connectivity index (χ1v) is 7.53. The Morgan fingerprint density at radius 2 is 2.00 bits per heavy atom. The quantitative estimate of drug-likeness (QED) is 0.728. The molecule has 0 bridgehead atoms. The minimum Gasteiger partial charge on any atom is -0.361 e. The summed E-state index contributed by atoms with van der Waals surface area (Å²) < 4.78 is 0. The fourth-order valence-corrected chi connectivity index (χ4v) is 3.02. The summed E-state index contributed by atoms with van der Waals surface area (Å²) in [6.45, 7) is 3.93. The van der Waals surface area contributed by atoms with Crippen LogP contribution in [0.5, 0.6) is 0 Å². The molecule has 0 spiro atoms. The van der Waals surface area contributed by atoms with E-state index < -0.39 is 0 Å². The van der Waals surface area contributed by atoms with Gasteiger partial charge in [0.05, 0.1) is 17.1 Å². The minimum atomic E-state index is -0.0660. The van der Waals surface area contributed by atoms with Crippen LogP contribution in [0.2, 0.25) is 5.02 Å². The average molecular weight is 313 g/mol. The maximum Gasteiger partial charge on any atom is 0.228 e. The van der Waals surface area contributed by atoms with Gasteiger partial charge in [-0.1, -0.05) is 23.7 Å². The Kier molecular flexibility index (Phi) is 3.90. The zero-order chi connectivity index (χ0) is 15.7. The van der Waals surface area contributed by atoms with Gasteiger partial charge in [0.15, 0.2) is 0 Å². The second-order valence-corrected chi connectivity index (χ2v) is 5.97. The van der Waals surface area contributed by atoms with Crippen molar-refractivity contribution in [2.24, 2.45) is 0 Å². The molecule has 112 valence electrons. The molecule has 3 nitrogen and oxygen atoms in total. The van der Waals surface area contributed by atoms with E-state index in [2.05, 4.69) is 10.3 Å². The number of hydrogen-bond acceptors (Lipinski definition) is 1. The molecule has 4 heteroatoms. The van der Waals surface area contributed by atoms with Gasteiger partial charge in [0.1, 0.15) is 0 Å². The van der Waals surface area contributed by atoms with Gasteiger partial charge in [-0.2, -0.15) is 0 Å². The van der Waals surface area contributed by atoms with Crippen LogP contribution in [0.15, 0.2) is 42.6 Å². The summed E-state index contributed by atoms with van der Waals surface area (Å²) in [5.74, 6) is -0.0660. The smallest absolute Gasteiger partial charge is 0.228 e. The molecule has 3 aromatic rings. The molecular weight excluding hydrogens is 296 g/mol. The van der Waals surface area contributed by atoms with Crippen LogP contribution in [0, 0.1) is 13.8 Å². The summed E-state index contributed by atoms with van der Waals surface area (Å²) >= 11 is 6.23. The lowest BCUT2D eigenvalue weighted by atomic mass is 10.1. The number of halogens is 1. The number of aryl methyl sites for hydroxylation is 2. The Balaban J connectivity index is 1.77. The molecule has 0 fully saturated rings. The van der Waals surface area contributed by atoms with Crippen LogP contribution in [-0.4, -0.2) is 10.9 Å². The van der Waals surface area contributed by atoms with E-state index in [1.54, 1.807) is 0 Å². The van der Waals surface area contributed by atoms with Gasteiger partial charge in [0, 0.05) is 11.7 Å². The molecule has 1 amide bonds. The summed E-state index contributed by atoms with van der Waals surface area (Å²) in [6.07, 6.45) is 2.22. The second kappa shape index (κ2) is 5.85. The number of aromatic amines is 1. The molecule has 1 aromatic heterocycles. The SMILES string of the molecule is Cc1cc(C)c(NC(=O)Cc2ccc3[nH]ccc3c2)c(Cl)c1. The van der Waals surface area contributed by atoms with Gasteiger partial charge < -0.3 is 10.3 Å². The Bertz CT molecular complexity index is 828. The molecular formula is C18H17ClN2O. The monoisotopic (exact) mass is 312 g/mol. The highest BCUT2D eigenvalue weighted by Gasteiger charge is 2.10. The van der Waals surface area contributed by atoms with Crippen LogP contribution in [0.4, 0.5) is 5.69 Å². The van der Waals surface area contributed by atoms with Crippen LogP contribution in [-0.2, 0) is 11.2 Å². The van der Waals surface area contributed by atoms with Crippen LogP contribution in [0.3, 0.4) is 0 Å². The normalized spacial score (nSPS) is 10.9. The van der Waals surface area contributed by atoms with Gasteiger partial charge in [-0.15, -0.1) is 0 Å².